The van der Waals surface area contributed by atoms with E-state index in [1.165, 1.54) is 0 Å². The van der Waals surface area contributed by atoms with Crippen molar-refractivity contribution >= 4 is 51.6 Å². The quantitative estimate of drug-likeness (QED) is 0.363. The molecule has 12 heteroatoms. The summed E-state index contributed by atoms with van der Waals surface area (Å²) in [7, 11) is 4.11. The fourth-order valence-corrected chi connectivity index (χ4v) is 5.19. The van der Waals surface area contributed by atoms with Gasteiger partial charge in [0.25, 0.3) is 0 Å². The number of nitrogens with zero attached hydrogens (tertiary/aromatic N) is 6. The Morgan fingerprint density at radius 3 is 2.74 bits per heavy atom. The molecule has 0 amide bonds. The number of thiazole rings is 1. The molecule has 0 unspecified atom stereocenters. The van der Waals surface area contributed by atoms with Crippen molar-refractivity contribution in [2.75, 3.05) is 32.1 Å². The molecule has 2 atom stereocenters. The first kappa shape index (κ1) is 26.1. The average molecular weight is 524 g/mol. The van der Waals surface area contributed by atoms with Crippen LogP contribution in [0, 0.1) is 0 Å². The fourth-order valence-electron chi connectivity index (χ4n) is 4.22. The first-order valence-electron chi connectivity index (χ1n) is 10.5. The van der Waals surface area contributed by atoms with Gasteiger partial charge >= 0.3 is 0 Å². The van der Waals surface area contributed by atoms with Crippen molar-refractivity contribution in [1.82, 2.24) is 30.3 Å². The number of rotatable bonds is 5. The van der Waals surface area contributed by atoms with Crippen LogP contribution in [0.2, 0.25) is 0 Å². The topological polar surface area (TPSA) is 114 Å². The molecule has 1 aliphatic heterocycles. The van der Waals surface area contributed by atoms with Gasteiger partial charge in [0.1, 0.15) is 5.75 Å². The zero-order chi connectivity index (χ0) is 22.2. The Morgan fingerprint density at radius 1 is 1.21 bits per heavy atom. The maximum atomic E-state index is 10.6. The van der Waals surface area contributed by atoms with Gasteiger partial charge < -0.3 is 20.0 Å². The van der Waals surface area contributed by atoms with Crippen molar-refractivity contribution in [3.05, 3.63) is 36.7 Å². The zero-order valence-electron chi connectivity index (χ0n) is 18.7. The number of likely N-dealkylation sites (tertiary alicyclic amines) is 1. The minimum absolute atomic E-state index is 0. The standard InChI is InChI=1S/C22H25N7O2S.2ClH/c1-28-6-5-15(8-16(28)12-30)29(2)22-25-21-20(32-22)9-18(26-27-21)17-4-3-13(7-19(17)31)14-10-23-24-11-14;;/h3-4,7,9-11,15-16,30-31H,5-6,8,12H2,1-2H3,(H,23,24);2*1H/t15-,16-;;/m0../s1. The molecular formula is C22H27Cl2N7O2S. The first-order valence-corrected chi connectivity index (χ1v) is 11.4. The molecule has 9 nitrogen and oxygen atoms in total. The number of aliphatic hydroxyl groups is 1. The third-order valence-electron chi connectivity index (χ3n) is 6.29. The fraction of sp³-hybridized carbons (Fsp3) is 0.364. The zero-order valence-corrected chi connectivity index (χ0v) is 21.2. The van der Waals surface area contributed by atoms with Crippen LogP contribution in [-0.2, 0) is 0 Å². The van der Waals surface area contributed by atoms with Crippen molar-refractivity contribution in [1.29, 1.82) is 0 Å². The second-order valence-corrected chi connectivity index (χ2v) is 9.25. The summed E-state index contributed by atoms with van der Waals surface area (Å²) in [6.07, 6.45) is 5.41. The van der Waals surface area contributed by atoms with Crippen molar-refractivity contribution in [3.8, 4) is 28.1 Å². The van der Waals surface area contributed by atoms with Crippen LogP contribution in [0.1, 0.15) is 12.8 Å². The number of hydrogen-bond donors (Lipinski definition) is 3. The highest BCUT2D eigenvalue weighted by Gasteiger charge is 2.29. The summed E-state index contributed by atoms with van der Waals surface area (Å²) >= 11 is 1.57. The van der Waals surface area contributed by atoms with E-state index in [1.54, 1.807) is 29.8 Å². The van der Waals surface area contributed by atoms with Crippen LogP contribution >= 0.6 is 36.2 Å². The highest BCUT2D eigenvalue weighted by Crippen LogP contribution is 2.36. The molecule has 34 heavy (non-hydrogen) atoms. The Labute approximate surface area is 213 Å². The van der Waals surface area contributed by atoms with E-state index in [2.05, 4.69) is 49.3 Å². The number of fused-ring (bicyclic) bond motifs is 1. The van der Waals surface area contributed by atoms with Crippen LogP contribution in [0.4, 0.5) is 5.13 Å². The number of aliphatic hydroxyl groups excluding tert-OH is 1. The number of anilines is 1. The number of phenols is 1. The van der Waals surface area contributed by atoms with E-state index >= 15 is 0 Å². The summed E-state index contributed by atoms with van der Waals surface area (Å²) < 4.78 is 0.918. The number of H-pyrrole nitrogens is 1. The van der Waals surface area contributed by atoms with Gasteiger partial charge in [-0.05, 0) is 43.7 Å². The number of halogens is 2. The molecule has 4 aromatic rings. The Bertz CT molecular complexity index is 1240. The van der Waals surface area contributed by atoms with Crippen LogP contribution < -0.4 is 4.90 Å². The summed E-state index contributed by atoms with van der Waals surface area (Å²) in [5.41, 5.74) is 3.60. The second-order valence-electron chi connectivity index (χ2n) is 8.24. The molecule has 0 saturated carbocycles. The van der Waals surface area contributed by atoms with Crippen molar-refractivity contribution in [3.63, 3.8) is 0 Å². The number of piperidine rings is 1. The van der Waals surface area contributed by atoms with Gasteiger partial charge in [0.15, 0.2) is 10.8 Å². The van der Waals surface area contributed by atoms with Crippen LogP contribution in [0.3, 0.4) is 0 Å². The number of aromatic nitrogens is 5. The molecule has 3 aromatic heterocycles. The van der Waals surface area contributed by atoms with E-state index in [0.717, 1.165) is 40.3 Å². The minimum atomic E-state index is 0. The molecule has 4 heterocycles. The number of phenolic OH excluding ortho intramolecular Hbond substituents is 1. The van der Waals surface area contributed by atoms with Crippen LogP contribution in [0.25, 0.3) is 32.7 Å². The number of nitrogens with one attached hydrogen (secondary N) is 1. The lowest BCUT2D eigenvalue weighted by atomic mass is 9.97. The van der Waals surface area contributed by atoms with Gasteiger partial charge in [-0.25, -0.2) is 0 Å². The summed E-state index contributed by atoms with van der Waals surface area (Å²) in [6.45, 7) is 1.11. The molecule has 5 rings (SSSR count). The van der Waals surface area contributed by atoms with E-state index in [9.17, 15) is 10.2 Å². The maximum Gasteiger partial charge on any atom is 0.194 e. The van der Waals surface area contributed by atoms with E-state index in [-0.39, 0.29) is 43.2 Å². The van der Waals surface area contributed by atoms with E-state index in [4.69, 9.17) is 0 Å². The minimum Gasteiger partial charge on any atom is -0.507 e. The maximum absolute atomic E-state index is 10.6. The van der Waals surface area contributed by atoms with Gasteiger partial charge in [-0.3, -0.25) is 5.10 Å². The molecule has 0 radical (unpaired) electrons. The molecule has 0 aliphatic carbocycles. The lowest BCUT2D eigenvalue weighted by Crippen LogP contribution is -2.49. The third kappa shape index (κ3) is 4.96. The summed E-state index contributed by atoms with van der Waals surface area (Å²) in [4.78, 5) is 9.09. The second kappa shape index (κ2) is 10.8. The van der Waals surface area contributed by atoms with Gasteiger partial charge in [0.05, 0.1) is 23.2 Å². The Hall–Kier alpha value is -2.50. The predicted molar refractivity (Wildman–Crippen MR) is 139 cm³/mol. The molecule has 1 aromatic carbocycles. The molecule has 0 bridgehead atoms. The summed E-state index contributed by atoms with van der Waals surface area (Å²) in [5, 5.41) is 36.5. The van der Waals surface area contributed by atoms with E-state index < -0.39 is 0 Å². The van der Waals surface area contributed by atoms with Gasteiger partial charge in [-0.2, -0.15) is 10.1 Å². The highest BCUT2D eigenvalue weighted by atomic mass is 35.5. The summed E-state index contributed by atoms with van der Waals surface area (Å²) in [6, 6.07) is 7.88. The highest BCUT2D eigenvalue weighted by molar-refractivity contribution is 7.22. The number of benzene rings is 1. The van der Waals surface area contributed by atoms with E-state index in [1.807, 2.05) is 18.2 Å². The Morgan fingerprint density at radius 2 is 2.03 bits per heavy atom. The van der Waals surface area contributed by atoms with Gasteiger partial charge in [0.2, 0.25) is 0 Å². The SMILES string of the molecule is CN1CC[C@H](N(C)c2nc3nnc(-c4ccc(-c5cn[nH]c5)cc4O)cc3s2)C[C@H]1CO.Cl.Cl. The lowest BCUT2D eigenvalue weighted by molar-refractivity contribution is 0.104. The largest absolute Gasteiger partial charge is 0.507 e. The van der Waals surface area contributed by atoms with Gasteiger partial charge in [0, 0.05) is 43.0 Å². The van der Waals surface area contributed by atoms with Crippen LogP contribution in [0.15, 0.2) is 36.7 Å². The van der Waals surface area contributed by atoms with Gasteiger partial charge in [-0.1, -0.05) is 17.4 Å². The molecule has 0 spiro atoms. The monoisotopic (exact) mass is 523 g/mol. The predicted octanol–water partition coefficient (Wildman–Crippen LogP) is 3.58. The van der Waals surface area contributed by atoms with Gasteiger partial charge in [-0.15, -0.1) is 35.0 Å². The Kier molecular flexibility index (Phi) is 8.32. The van der Waals surface area contributed by atoms with Crippen LogP contribution in [0.5, 0.6) is 5.75 Å². The third-order valence-corrected chi connectivity index (χ3v) is 7.37. The van der Waals surface area contributed by atoms with E-state index in [0.29, 0.717) is 22.9 Å². The Balaban J connectivity index is 0.00000162. The lowest BCUT2D eigenvalue weighted by Gasteiger charge is -2.39. The molecule has 3 N–H and O–H groups in total. The molecular weight excluding hydrogens is 497 g/mol. The van der Waals surface area contributed by atoms with Crippen molar-refractivity contribution in [2.45, 2.75) is 24.9 Å². The first-order chi connectivity index (χ1) is 15.5. The normalized spacial score (nSPS) is 18.3. The average Bonchev–Trinajstić information content (AvgIpc) is 3.48. The number of aromatic amines is 1. The summed E-state index contributed by atoms with van der Waals surface area (Å²) in [5.74, 6) is 0.139. The number of likely N-dealkylation sites (N-methyl/N-ethyl adjacent to an activating group) is 1. The number of aromatic hydroxyl groups is 1. The molecule has 182 valence electrons. The smallest absolute Gasteiger partial charge is 0.194 e. The molecule has 1 saturated heterocycles. The van der Waals surface area contributed by atoms with Crippen LogP contribution in [-0.4, -0.2) is 79.8 Å². The van der Waals surface area contributed by atoms with Crippen molar-refractivity contribution < 1.29 is 10.2 Å². The molecule has 1 fully saturated rings. The number of hydrogen-bond acceptors (Lipinski definition) is 9. The molecule has 1 aliphatic rings. The van der Waals surface area contributed by atoms with Crippen molar-refractivity contribution in [2.24, 2.45) is 0 Å².